The zero-order chi connectivity index (χ0) is 22.9. The second kappa shape index (κ2) is 15.9. The van der Waals surface area contributed by atoms with Crippen LogP contribution >= 0.6 is 0 Å². The number of benzene rings is 3. The van der Waals surface area contributed by atoms with Crippen LogP contribution in [-0.2, 0) is 6.42 Å². The Morgan fingerprint density at radius 1 is 0.567 bits per heavy atom. The zero-order valence-electron chi connectivity index (χ0n) is 19.5. The molecule has 0 aromatic heterocycles. The van der Waals surface area contributed by atoms with Gasteiger partial charge in [-0.15, -0.1) is 0 Å². The minimum Gasteiger partial charge on any atom is -0.294 e. The molecule has 2 heteroatoms. The molecule has 0 unspecified atom stereocenters. The molecule has 2 nitrogen and oxygen atoms in total. The zero-order valence-corrected chi connectivity index (χ0v) is 19.5. The van der Waals surface area contributed by atoms with Crippen LogP contribution in [0.3, 0.4) is 0 Å². The summed E-state index contributed by atoms with van der Waals surface area (Å²) in [5, 5.41) is 0. The first kappa shape index (κ1) is 27.0. The number of ketones is 2. The molecule has 0 bridgehead atoms. The summed E-state index contributed by atoms with van der Waals surface area (Å²) < 4.78 is 0. The fourth-order valence-electron chi connectivity index (χ4n) is 2.75. The average Bonchev–Trinajstić information content (AvgIpc) is 2.83. The predicted octanol–water partition coefficient (Wildman–Crippen LogP) is 7.79. The van der Waals surface area contributed by atoms with Crippen LogP contribution in [0, 0.1) is 0 Å². The lowest BCUT2D eigenvalue weighted by Crippen LogP contribution is -2.08. The Hall–Kier alpha value is -3.00. The summed E-state index contributed by atoms with van der Waals surface area (Å²) in [6.45, 7) is 13.5. The van der Waals surface area contributed by atoms with Crippen LogP contribution in [0.4, 0.5) is 0 Å². The standard InChI is InChI=1S/C22H18O2.3C2H6/c1-16(23)20-9-5-6-10-21(20)22(24)19-13-11-18(12-14-19)15-17-7-3-2-4-8-17;3*1-2/h2-14H,15H2,1H3;3*1-2H3. The van der Waals surface area contributed by atoms with E-state index in [1.54, 1.807) is 24.3 Å². The van der Waals surface area contributed by atoms with E-state index in [-0.39, 0.29) is 11.6 Å². The molecule has 0 N–H and O–H groups in total. The van der Waals surface area contributed by atoms with Crippen LogP contribution in [0.15, 0.2) is 78.9 Å². The topological polar surface area (TPSA) is 34.1 Å². The monoisotopic (exact) mass is 404 g/mol. The number of carbonyl (C=O) groups excluding carboxylic acids is 2. The molecular formula is C28H36O2. The number of Topliss-reactive ketones (excluding diaryl/α,β-unsaturated/α-hetero) is 1. The molecule has 30 heavy (non-hydrogen) atoms. The minimum atomic E-state index is -0.118. The molecule has 0 amide bonds. The van der Waals surface area contributed by atoms with Gasteiger partial charge in [-0.3, -0.25) is 9.59 Å². The number of carbonyl (C=O) groups is 2. The van der Waals surface area contributed by atoms with E-state index < -0.39 is 0 Å². The maximum atomic E-state index is 12.7. The van der Waals surface area contributed by atoms with E-state index in [0.717, 1.165) is 12.0 Å². The minimum absolute atomic E-state index is 0.0975. The van der Waals surface area contributed by atoms with E-state index in [1.165, 1.54) is 12.5 Å². The van der Waals surface area contributed by atoms with Gasteiger partial charge in [0.25, 0.3) is 0 Å². The van der Waals surface area contributed by atoms with E-state index in [9.17, 15) is 9.59 Å². The lowest BCUT2D eigenvalue weighted by molar-refractivity contribution is 0.0990. The van der Waals surface area contributed by atoms with E-state index in [0.29, 0.717) is 16.7 Å². The summed E-state index contributed by atoms with van der Waals surface area (Å²) in [5.74, 6) is -0.216. The van der Waals surface area contributed by atoms with E-state index in [1.807, 2.05) is 84.0 Å². The van der Waals surface area contributed by atoms with Gasteiger partial charge < -0.3 is 0 Å². The normalized spacial score (nSPS) is 8.90. The molecular weight excluding hydrogens is 368 g/mol. The van der Waals surface area contributed by atoms with Gasteiger partial charge >= 0.3 is 0 Å². The first-order valence-electron chi connectivity index (χ1n) is 10.9. The van der Waals surface area contributed by atoms with Crippen molar-refractivity contribution in [1.82, 2.24) is 0 Å². The van der Waals surface area contributed by atoms with Crippen LogP contribution in [0.1, 0.15) is 85.9 Å². The molecule has 0 fully saturated rings. The van der Waals surface area contributed by atoms with Crippen molar-refractivity contribution in [1.29, 1.82) is 0 Å². The number of hydrogen-bond donors (Lipinski definition) is 0. The van der Waals surface area contributed by atoms with Crippen molar-refractivity contribution in [2.75, 3.05) is 0 Å². The van der Waals surface area contributed by atoms with Gasteiger partial charge in [0.1, 0.15) is 0 Å². The van der Waals surface area contributed by atoms with Crippen LogP contribution in [0.25, 0.3) is 0 Å². The first-order valence-corrected chi connectivity index (χ1v) is 10.9. The molecule has 160 valence electrons. The summed E-state index contributed by atoms with van der Waals surface area (Å²) in [5.41, 5.74) is 3.91. The van der Waals surface area contributed by atoms with Crippen molar-refractivity contribution < 1.29 is 9.59 Å². The third kappa shape index (κ3) is 8.16. The molecule has 3 aromatic rings. The Balaban J connectivity index is 0.00000129. The Kier molecular flexibility index (Phi) is 14.3. The second-order valence-electron chi connectivity index (χ2n) is 5.79. The quantitative estimate of drug-likeness (QED) is 0.407. The van der Waals surface area contributed by atoms with Crippen LogP contribution in [0.5, 0.6) is 0 Å². The Morgan fingerprint density at radius 3 is 1.50 bits per heavy atom. The SMILES string of the molecule is CC.CC.CC.CC(=O)c1ccccc1C(=O)c1ccc(Cc2ccccc2)cc1. The molecule has 0 aliphatic rings. The molecule has 0 saturated heterocycles. The fourth-order valence-corrected chi connectivity index (χ4v) is 2.75. The van der Waals surface area contributed by atoms with Gasteiger partial charge in [-0.25, -0.2) is 0 Å². The Morgan fingerprint density at radius 2 is 1.00 bits per heavy atom. The lowest BCUT2D eigenvalue weighted by Gasteiger charge is -2.07. The van der Waals surface area contributed by atoms with Crippen molar-refractivity contribution >= 4 is 11.6 Å². The van der Waals surface area contributed by atoms with Crippen LogP contribution in [-0.4, -0.2) is 11.6 Å². The van der Waals surface area contributed by atoms with Crippen molar-refractivity contribution in [3.05, 3.63) is 107 Å². The highest BCUT2D eigenvalue weighted by molar-refractivity contribution is 6.15. The van der Waals surface area contributed by atoms with Crippen molar-refractivity contribution in [2.24, 2.45) is 0 Å². The fraction of sp³-hybridized carbons (Fsp3) is 0.286. The summed E-state index contributed by atoms with van der Waals surface area (Å²) in [7, 11) is 0. The average molecular weight is 405 g/mol. The molecule has 0 atom stereocenters. The molecule has 0 saturated carbocycles. The summed E-state index contributed by atoms with van der Waals surface area (Å²) in [4.78, 5) is 24.4. The lowest BCUT2D eigenvalue weighted by atomic mass is 9.95. The molecule has 0 heterocycles. The van der Waals surface area contributed by atoms with Crippen molar-refractivity contribution in [3.8, 4) is 0 Å². The van der Waals surface area contributed by atoms with Gasteiger partial charge in [0.2, 0.25) is 0 Å². The highest BCUT2D eigenvalue weighted by Crippen LogP contribution is 2.17. The van der Waals surface area contributed by atoms with Gasteiger partial charge in [0, 0.05) is 16.7 Å². The molecule has 0 radical (unpaired) electrons. The maximum Gasteiger partial charge on any atom is 0.193 e. The molecule has 0 aliphatic carbocycles. The third-order valence-electron chi connectivity index (χ3n) is 4.02. The second-order valence-corrected chi connectivity index (χ2v) is 5.79. The summed E-state index contributed by atoms with van der Waals surface area (Å²) in [6, 6.07) is 24.8. The summed E-state index contributed by atoms with van der Waals surface area (Å²) in [6.07, 6.45) is 0.833. The largest absolute Gasteiger partial charge is 0.294 e. The predicted molar refractivity (Wildman–Crippen MR) is 130 cm³/mol. The van der Waals surface area contributed by atoms with Gasteiger partial charge in [-0.1, -0.05) is 120 Å². The Bertz CT molecular complexity index is 863. The van der Waals surface area contributed by atoms with E-state index in [4.69, 9.17) is 0 Å². The van der Waals surface area contributed by atoms with Gasteiger partial charge in [-0.2, -0.15) is 0 Å². The van der Waals surface area contributed by atoms with Gasteiger partial charge in [0.15, 0.2) is 11.6 Å². The highest BCUT2D eigenvalue weighted by atomic mass is 16.1. The van der Waals surface area contributed by atoms with Crippen molar-refractivity contribution in [3.63, 3.8) is 0 Å². The number of rotatable bonds is 5. The smallest absolute Gasteiger partial charge is 0.193 e. The van der Waals surface area contributed by atoms with Crippen LogP contribution < -0.4 is 0 Å². The molecule has 0 aliphatic heterocycles. The van der Waals surface area contributed by atoms with E-state index in [2.05, 4.69) is 12.1 Å². The maximum absolute atomic E-state index is 12.7. The van der Waals surface area contributed by atoms with Gasteiger partial charge in [0.05, 0.1) is 0 Å². The molecule has 3 rings (SSSR count). The number of hydrogen-bond acceptors (Lipinski definition) is 2. The molecule has 3 aromatic carbocycles. The highest BCUT2D eigenvalue weighted by Gasteiger charge is 2.15. The summed E-state index contributed by atoms with van der Waals surface area (Å²) >= 11 is 0. The van der Waals surface area contributed by atoms with Gasteiger partial charge in [-0.05, 0) is 24.5 Å². The van der Waals surface area contributed by atoms with Crippen LogP contribution in [0.2, 0.25) is 0 Å². The van der Waals surface area contributed by atoms with E-state index >= 15 is 0 Å². The Labute approximate surface area is 183 Å². The third-order valence-corrected chi connectivity index (χ3v) is 4.02. The first-order chi connectivity index (χ1) is 14.6. The molecule has 0 spiro atoms. The van der Waals surface area contributed by atoms with Crippen molar-refractivity contribution in [2.45, 2.75) is 54.9 Å².